The van der Waals surface area contributed by atoms with E-state index in [1.54, 1.807) is 12.1 Å². The molecule has 0 aromatic heterocycles. The van der Waals surface area contributed by atoms with Gasteiger partial charge in [-0.25, -0.2) is 0 Å². The summed E-state index contributed by atoms with van der Waals surface area (Å²) in [5.41, 5.74) is 0.543. The highest BCUT2D eigenvalue weighted by atomic mass is 16.5. The molecule has 1 fully saturated rings. The number of carbonyl (C=O) groups is 1. The van der Waals surface area contributed by atoms with Crippen LogP contribution in [0.4, 0.5) is 0 Å². The number of aliphatic carboxylic acids is 1. The molecule has 1 aromatic rings. The van der Waals surface area contributed by atoms with Gasteiger partial charge in [0.05, 0.1) is 7.11 Å². The van der Waals surface area contributed by atoms with Crippen LogP contribution in [0.1, 0.15) is 43.7 Å². The minimum Gasteiger partial charge on any atom is -0.504 e. The van der Waals surface area contributed by atoms with Gasteiger partial charge in [-0.3, -0.25) is 10.1 Å². The molecule has 2 rings (SSSR count). The number of benzene rings is 1. The Hall–Kier alpha value is -1.75. The van der Waals surface area contributed by atoms with E-state index in [4.69, 9.17) is 4.74 Å². The first-order chi connectivity index (χ1) is 9.61. The van der Waals surface area contributed by atoms with Gasteiger partial charge < -0.3 is 14.9 Å². The average Bonchev–Trinajstić information content (AvgIpc) is 2.45. The third-order valence-electron chi connectivity index (χ3n) is 3.79. The van der Waals surface area contributed by atoms with E-state index in [2.05, 4.69) is 5.32 Å². The van der Waals surface area contributed by atoms with E-state index >= 15 is 0 Å². The van der Waals surface area contributed by atoms with Crippen LogP contribution in [0.5, 0.6) is 11.5 Å². The number of phenolic OH excluding ortho intramolecular Hbond substituents is 1. The number of ether oxygens (including phenoxy) is 1. The topological polar surface area (TPSA) is 78.8 Å². The lowest BCUT2D eigenvalue weighted by Gasteiger charge is -2.26. The van der Waals surface area contributed by atoms with Crippen molar-refractivity contribution < 1.29 is 19.7 Å². The van der Waals surface area contributed by atoms with Crippen LogP contribution in [0.25, 0.3) is 0 Å². The molecule has 1 aliphatic rings. The van der Waals surface area contributed by atoms with Crippen molar-refractivity contribution in [3.63, 3.8) is 0 Å². The Balaban J connectivity index is 2.15. The van der Waals surface area contributed by atoms with Crippen LogP contribution in [0.3, 0.4) is 0 Å². The Morgan fingerprint density at radius 1 is 1.35 bits per heavy atom. The summed E-state index contributed by atoms with van der Waals surface area (Å²) in [5.74, 6) is -0.627. The van der Waals surface area contributed by atoms with Gasteiger partial charge in [0.1, 0.15) is 6.04 Å². The molecule has 0 heterocycles. The van der Waals surface area contributed by atoms with Crippen molar-refractivity contribution >= 4 is 5.97 Å². The Morgan fingerprint density at radius 2 is 2.05 bits per heavy atom. The minimum atomic E-state index is -0.930. The molecule has 110 valence electrons. The highest BCUT2D eigenvalue weighted by Crippen LogP contribution is 2.30. The molecule has 5 nitrogen and oxygen atoms in total. The largest absolute Gasteiger partial charge is 0.504 e. The predicted molar refractivity (Wildman–Crippen MR) is 75.0 cm³/mol. The summed E-state index contributed by atoms with van der Waals surface area (Å²) < 4.78 is 4.97. The molecule has 1 aromatic carbocycles. The molecule has 1 unspecified atom stereocenters. The number of carboxylic acids is 1. The number of rotatable bonds is 5. The van der Waals surface area contributed by atoms with E-state index in [-0.39, 0.29) is 11.8 Å². The van der Waals surface area contributed by atoms with Gasteiger partial charge in [0.2, 0.25) is 0 Å². The summed E-state index contributed by atoms with van der Waals surface area (Å²) in [7, 11) is 1.46. The number of nitrogens with one attached hydrogen (secondary N) is 1. The molecule has 0 spiro atoms. The van der Waals surface area contributed by atoms with Gasteiger partial charge in [0.25, 0.3) is 0 Å². The fourth-order valence-corrected chi connectivity index (χ4v) is 2.70. The highest BCUT2D eigenvalue weighted by molar-refractivity contribution is 5.76. The second-order valence-corrected chi connectivity index (χ2v) is 5.20. The summed E-state index contributed by atoms with van der Waals surface area (Å²) in [6.45, 7) is 0. The first-order valence-corrected chi connectivity index (χ1v) is 6.97. The molecule has 0 radical (unpaired) electrons. The molecule has 1 saturated carbocycles. The van der Waals surface area contributed by atoms with Crippen LogP contribution in [0.2, 0.25) is 0 Å². The molecule has 1 aliphatic carbocycles. The summed E-state index contributed by atoms with van der Waals surface area (Å²) >= 11 is 0. The number of carboxylic acid groups (broad SMARTS) is 1. The van der Waals surface area contributed by atoms with E-state index < -0.39 is 12.0 Å². The van der Waals surface area contributed by atoms with Crippen LogP contribution in [-0.4, -0.2) is 29.3 Å². The van der Waals surface area contributed by atoms with Crippen molar-refractivity contribution in [1.82, 2.24) is 5.32 Å². The van der Waals surface area contributed by atoms with Gasteiger partial charge in [-0.1, -0.05) is 25.3 Å². The molecule has 0 bridgehead atoms. The predicted octanol–water partition coefficient (Wildman–Crippen LogP) is 2.45. The lowest BCUT2D eigenvalue weighted by molar-refractivity contribution is -0.140. The number of hydrogen-bond donors (Lipinski definition) is 3. The van der Waals surface area contributed by atoms with E-state index in [0.29, 0.717) is 11.3 Å². The third-order valence-corrected chi connectivity index (χ3v) is 3.79. The Morgan fingerprint density at radius 3 is 2.60 bits per heavy atom. The number of aromatic hydroxyl groups is 1. The molecule has 3 N–H and O–H groups in total. The minimum absolute atomic E-state index is 0.0401. The van der Waals surface area contributed by atoms with Gasteiger partial charge in [-0.2, -0.15) is 0 Å². The summed E-state index contributed by atoms with van der Waals surface area (Å²) in [6, 6.07) is 4.15. The van der Waals surface area contributed by atoms with E-state index in [1.165, 1.54) is 19.6 Å². The molecular formula is C15H21NO4. The van der Waals surface area contributed by atoms with E-state index in [9.17, 15) is 15.0 Å². The third kappa shape index (κ3) is 3.42. The van der Waals surface area contributed by atoms with Crippen LogP contribution in [-0.2, 0) is 4.79 Å². The molecule has 5 heteroatoms. The van der Waals surface area contributed by atoms with Crippen LogP contribution < -0.4 is 10.1 Å². The lowest BCUT2D eigenvalue weighted by Crippen LogP contribution is -2.38. The molecule has 0 amide bonds. The zero-order valence-corrected chi connectivity index (χ0v) is 11.6. The fourth-order valence-electron chi connectivity index (χ4n) is 2.70. The maximum Gasteiger partial charge on any atom is 0.325 e. The summed E-state index contributed by atoms with van der Waals surface area (Å²) in [5, 5.41) is 22.4. The fraction of sp³-hybridized carbons (Fsp3) is 0.533. The quantitative estimate of drug-likeness (QED) is 0.771. The van der Waals surface area contributed by atoms with E-state index in [0.717, 1.165) is 25.7 Å². The first-order valence-electron chi connectivity index (χ1n) is 6.97. The van der Waals surface area contributed by atoms with Gasteiger partial charge >= 0.3 is 5.97 Å². The summed E-state index contributed by atoms with van der Waals surface area (Å²) in [6.07, 6.45) is 5.51. The van der Waals surface area contributed by atoms with Crippen molar-refractivity contribution in [1.29, 1.82) is 0 Å². The lowest BCUT2D eigenvalue weighted by atomic mass is 9.94. The van der Waals surface area contributed by atoms with Gasteiger partial charge in [-0.15, -0.1) is 0 Å². The first kappa shape index (κ1) is 14.7. The van der Waals surface area contributed by atoms with Crippen molar-refractivity contribution in [2.45, 2.75) is 44.2 Å². The second kappa shape index (κ2) is 6.61. The van der Waals surface area contributed by atoms with Crippen molar-refractivity contribution in [2.24, 2.45) is 0 Å². The molecule has 20 heavy (non-hydrogen) atoms. The number of phenols is 1. The molecule has 1 atom stereocenters. The maximum atomic E-state index is 11.5. The zero-order chi connectivity index (χ0) is 14.5. The summed E-state index contributed by atoms with van der Waals surface area (Å²) in [4.78, 5) is 11.5. The standard InChI is InChI=1S/C15H21NO4/c1-20-13-8-7-10(9-12(13)17)14(15(18)19)16-11-5-3-2-4-6-11/h7-9,11,14,16-17H,2-6H2,1H3,(H,18,19). The number of methoxy groups -OCH3 is 1. The monoisotopic (exact) mass is 279 g/mol. The average molecular weight is 279 g/mol. The van der Waals surface area contributed by atoms with Crippen molar-refractivity contribution in [3.8, 4) is 11.5 Å². The number of hydrogen-bond acceptors (Lipinski definition) is 4. The molecule has 0 saturated heterocycles. The molecule has 0 aliphatic heterocycles. The van der Waals surface area contributed by atoms with Crippen molar-refractivity contribution in [2.75, 3.05) is 7.11 Å². The molecular weight excluding hydrogens is 258 g/mol. The van der Waals surface area contributed by atoms with E-state index in [1.807, 2.05) is 0 Å². The van der Waals surface area contributed by atoms with Crippen LogP contribution >= 0.6 is 0 Å². The SMILES string of the molecule is COc1ccc(C(NC2CCCCC2)C(=O)O)cc1O. The second-order valence-electron chi connectivity index (χ2n) is 5.20. The Labute approximate surface area is 118 Å². The zero-order valence-electron chi connectivity index (χ0n) is 11.6. The van der Waals surface area contributed by atoms with Crippen LogP contribution in [0, 0.1) is 0 Å². The van der Waals surface area contributed by atoms with Crippen LogP contribution in [0.15, 0.2) is 18.2 Å². The van der Waals surface area contributed by atoms with Crippen molar-refractivity contribution in [3.05, 3.63) is 23.8 Å². The van der Waals surface area contributed by atoms with Gasteiger partial charge in [0.15, 0.2) is 11.5 Å². The maximum absolute atomic E-state index is 11.5. The Bertz CT molecular complexity index is 469. The van der Waals surface area contributed by atoms with Gasteiger partial charge in [0, 0.05) is 6.04 Å². The van der Waals surface area contributed by atoms with Gasteiger partial charge in [-0.05, 0) is 30.5 Å². The normalized spacial score (nSPS) is 17.6. The Kier molecular flexibility index (Phi) is 4.84. The highest BCUT2D eigenvalue weighted by Gasteiger charge is 2.25. The smallest absolute Gasteiger partial charge is 0.325 e.